The molecule has 0 aliphatic rings. The molecular weight excluding hydrogens is 705 g/mol. The Kier molecular flexibility index (Phi) is 44.1. The molecule has 5 nitrogen and oxygen atoms in total. The van der Waals surface area contributed by atoms with Crippen molar-refractivity contribution in [2.75, 3.05) is 13.2 Å². The Balaban J connectivity index is 3.63. The first-order valence-corrected chi connectivity index (χ1v) is 22.9. The molecule has 5 heteroatoms. The fraction of sp³-hybridized carbons (Fsp3) is 0.615. The molecule has 0 amide bonds. The minimum absolute atomic E-state index is 0.0844. The van der Waals surface area contributed by atoms with E-state index in [1.54, 1.807) is 0 Å². The van der Waals surface area contributed by atoms with Gasteiger partial charge in [-0.05, 0) is 96.3 Å². The number of esters is 2. The monoisotopic (exact) mass is 789 g/mol. The van der Waals surface area contributed by atoms with Gasteiger partial charge in [-0.1, -0.05) is 187 Å². The van der Waals surface area contributed by atoms with Crippen LogP contribution in [0.1, 0.15) is 187 Å². The molecule has 1 unspecified atom stereocenters. The second-order valence-corrected chi connectivity index (χ2v) is 14.7. The van der Waals surface area contributed by atoms with E-state index >= 15 is 0 Å². The zero-order valence-electron chi connectivity index (χ0n) is 36.6. The first-order valence-electron chi connectivity index (χ1n) is 22.9. The summed E-state index contributed by atoms with van der Waals surface area (Å²) in [6, 6.07) is 0. The molecule has 0 bridgehead atoms. The normalized spacial score (nSPS) is 13.2. The van der Waals surface area contributed by atoms with Crippen LogP contribution in [0.4, 0.5) is 0 Å². The second kappa shape index (κ2) is 46.9. The standard InChI is InChI=1S/C52H84O5/c1-3-5-7-9-11-13-15-17-19-20-21-22-23-24-25-26-27-28-29-30-31-32-33-35-37-39-41-43-45-47-52(55)57-50(48-53)49-56-51(54)46-44-42-40-38-36-34-18-16-14-12-10-8-6-4-2/h5,7,10-13,16-19,21-22,24-25,27-28,30-31,50,53H,3-4,6,8-9,14-15,20,23,26,29,32-49H2,1-2H3/b7-5-,12-10-,13-11-,18-16-,19-17-,22-21-,25-24-,28-27-,31-30-. The van der Waals surface area contributed by atoms with Gasteiger partial charge in [-0.2, -0.15) is 0 Å². The summed E-state index contributed by atoms with van der Waals surface area (Å²) in [6.45, 7) is 3.95. The molecule has 0 rings (SSSR count). The van der Waals surface area contributed by atoms with Gasteiger partial charge in [0.1, 0.15) is 6.61 Å². The number of hydrogen-bond donors (Lipinski definition) is 1. The number of carbonyl (C=O) groups excluding carboxylic acids is 2. The Bertz CT molecular complexity index is 1160. The van der Waals surface area contributed by atoms with Gasteiger partial charge in [0.05, 0.1) is 6.61 Å². The van der Waals surface area contributed by atoms with Crippen molar-refractivity contribution in [2.45, 2.75) is 193 Å². The van der Waals surface area contributed by atoms with E-state index in [4.69, 9.17) is 9.47 Å². The summed E-state index contributed by atoms with van der Waals surface area (Å²) in [5, 5.41) is 9.59. The van der Waals surface area contributed by atoms with Crippen LogP contribution in [0, 0.1) is 0 Å². The quantitative estimate of drug-likeness (QED) is 0.0380. The maximum absolute atomic E-state index is 12.2. The number of hydrogen-bond acceptors (Lipinski definition) is 5. The van der Waals surface area contributed by atoms with Crippen LogP contribution in [0.5, 0.6) is 0 Å². The van der Waals surface area contributed by atoms with Crippen LogP contribution in [-0.2, 0) is 19.1 Å². The summed E-state index contributed by atoms with van der Waals surface area (Å²) in [7, 11) is 0. The van der Waals surface area contributed by atoms with Crippen molar-refractivity contribution in [1.82, 2.24) is 0 Å². The third-order valence-electron chi connectivity index (χ3n) is 9.30. The molecular formula is C52H84O5. The Morgan fingerprint density at radius 1 is 0.421 bits per heavy atom. The lowest BCUT2D eigenvalue weighted by atomic mass is 10.1. The Labute approximate surface area is 350 Å². The molecule has 0 spiro atoms. The maximum Gasteiger partial charge on any atom is 0.306 e. The summed E-state index contributed by atoms with van der Waals surface area (Å²) < 4.78 is 10.6. The van der Waals surface area contributed by atoms with Gasteiger partial charge < -0.3 is 14.6 Å². The number of aliphatic hydroxyl groups is 1. The van der Waals surface area contributed by atoms with E-state index in [9.17, 15) is 14.7 Å². The summed E-state index contributed by atoms with van der Waals surface area (Å²) in [6.07, 6.45) is 67.3. The van der Waals surface area contributed by atoms with E-state index in [1.807, 2.05) is 0 Å². The van der Waals surface area contributed by atoms with Gasteiger partial charge in [0, 0.05) is 12.8 Å². The van der Waals surface area contributed by atoms with Crippen molar-refractivity contribution in [2.24, 2.45) is 0 Å². The molecule has 57 heavy (non-hydrogen) atoms. The van der Waals surface area contributed by atoms with E-state index in [-0.39, 0.29) is 25.2 Å². The van der Waals surface area contributed by atoms with Gasteiger partial charge >= 0.3 is 11.9 Å². The van der Waals surface area contributed by atoms with Crippen molar-refractivity contribution in [3.63, 3.8) is 0 Å². The van der Waals surface area contributed by atoms with E-state index < -0.39 is 6.10 Å². The number of rotatable bonds is 40. The number of allylic oxidation sites excluding steroid dienone is 18. The highest BCUT2D eigenvalue weighted by molar-refractivity contribution is 5.70. The lowest BCUT2D eigenvalue weighted by Gasteiger charge is -2.15. The zero-order chi connectivity index (χ0) is 41.4. The smallest absolute Gasteiger partial charge is 0.306 e. The highest BCUT2D eigenvalue weighted by atomic mass is 16.6. The maximum atomic E-state index is 12.2. The van der Waals surface area contributed by atoms with Crippen LogP contribution in [0.2, 0.25) is 0 Å². The average molecular weight is 789 g/mol. The molecule has 0 aromatic rings. The third kappa shape index (κ3) is 45.1. The molecule has 0 aromatic heterocycles. The van der Waals surface area contributed by atoms with Crippen molar-refractivity contribution in [3.05, 3.63) is 109 Å². The molecule has 0 fully saturated rings. The average Bonchev–Trinajstić information content (AvgIpc) is 3.21. The molecule has 0 aliphatic carbocycles. The summed E-state index contributed by atoms with van der Waals surface area (Å²) in [5.74, 6) is -0.629. The minimum atomic E-state index is -0.791. The van der Waals surface area contributed by atoms with E-state index in [2.05, 4.69) is 123 Å². The molecule has 0 heterocycles. The molecule has 1 atom stereocenters. The zero-order valence-corrected chi connectivity index (χ0v) is 36.6. The van der Waals surface area contributed by atoms with Crippen LogP contribution in [-0.4, -0.2) is 36.4 Å². The lowest BCUT2D eigenvalue weighted by Crippen LogP contribution is -2.28. The van der Waals surface area contributed by atoms with Crippen LogP contribution < -0.4 is 0 Å². The lowest BCUT2D eigenvalue weighted by molar-refractivity contribution is -0.161. The fourth-order valence-corrected chi connectivity index (χ4v) is 5.84. The summed E-state index contributed by atoms with van der Waals surface area (Å²) >= 11 is 0. The Morgan fingerprint density at radius 3 is 1.14 bits per heavy atom. The molecule has 0 radical (unpaired) electrons. The largest absolute Gasteiger partial charge is 0.462 e. The molecule has 0 saturated carbocycles. The number of aliphatic hydroxyl groups excluding tert-OH is 1. The second-order valence-electron chi connectivity index (χ2n) is 14.7. The van der Waals surface area contributed by atoms with Crippen LogP contribution in [0.3, 0.4) is 0 Å². The molecule has 0 saturated heterocycles. The van der Waals surface area contributed by atoms with Gasteiger partial charge in [0.25, 0.3) is 0 Å². The fourth-order valence-electron chi connectivity index (χ4n) is 5.84. The van der Waals surface area contributed by atoms with Gasteiger partial charge in [-0.15, -0.1) is 0 Å². The van der Waals surface area contributed by atoms with Crippen LogP contribution in [0.25, 0.3) is 0 Å². The first-order chi connectivity index (χ1) is 28.1. The van der Waals surface area contributed by atoms with Gasteiger partial charge in [0.2, 0.25) is 0 Å². The van der Waals surface area contributed by atoms with Crippen molar-refractivity contribution in [1.29, 1.82) is 0 Å². The Morgan fingerprint density at radius 2 is 0.754 bits per heavy atom. The summed E-state index contributed by atoms with van der Waals surface area (Å²) in [4.78, 5) is 24.3. The summed E-state index contributed by atoms with van der Waals surface area (Å²) in [5.41, 5.74) is 0. The SMILES string of the molecule is CC/C=C\C/C=C\C/C=C\C/C=C\C/C=C\C/C=C\C/C=C\CCCCCCCCCC(=O)OC(CO)COC(=O)CCCCCCC/C=C\C/C=C\CCCC. The highest BCUT2D eigenvalue weighted by Crippen LogP contribution is 2.12. The third-order valence-corrected chi connectivity index (χ3v) is 9.30. The molecule has 322 valence electrons. The predicted octanol–water partition coefficient (Wildman–Crippen LogP) is 15.0. The van der Waals surface area contributed by atoms with Gasteiger partial charge in [0.15, 0.2) is 6.10 Å². The predicted molar refractivity (Wildman–Crippen MR) is 246 cm³/mol. The van der Waals surface area contributed by atoms with Crippen molar-refractivity contribution >= 4 is 11.9 Å². The molecule has 1 N–H and O–H groups in total. The first kappa shape index (κ1) is 53.6. The van der Waals surface area contributed by atoms with E-state index in [0.29, 0.717) is 12.8 Å². The number of ether oxygens (including phenoxy) is 2. The number of unbranched alkanes of at least 4 members (excludes halogenated alkanes) is 14. The minimum Gasteiger partial charge on any atom is -0.462 e. The number of carbonyl (C=O) groups is 2. The van der Waals surface area contributed by atoms with Gasteiger partial charge in [-0.3, -0.25) is 9.59 Å². The van der Waals surface area contributed by atoms with E-state index in [1.165, 1.54) is 57.8 Å². The van der Waals surface area contributed by atoms with Crippen molar-refractivity contribution in [3.8, 4) is 0 Å². The molecule has 0 aliphatic heterocycles. The van der Waals surface area contributed by atoms with Crippen LogP contribution >= 0.6 is 0 Å². The van der Waals surface area contributed by atoms with E-state index in [0.717, 1.165) is 103 Å². The van der Waals surface area contributed by atoms with Gasteiger partial charge in [-0.25, -0.2) is 0 Å². The highest BCUT2D eigenvalue weighted by Gasteiger charge is 2.16. The molecule has 0 aromatic carbocycles. The topological polar surface area (TPSA) is 72.8 Å². The Hall–Kier alpha value is -3.44. The van der Waals surface area contributed by atoms with Crippen molar-refractivity contribution < 1.29 is 24.2 Å². The van der Waals surface area contributed by atoms with Crippen LogP contribution in [0.15, 0.2) is 109 Å².